The Morgan fingerprint density at radius 3 is 2.69 bits per heavy atom. The number of hydrogen-bond donors (Lipinski definition) is 2. The molecule has 0 unspecified atom stereocenters. The van der Waals surface area contributed by atoms with Gasteiger partial charge < -0.3 is 15.2 Å². The average Bonchev–Trinajstić information content (AvgIpc) is 2.77. The summed E-state index contributed by atoms with van der Waals surface area (Å²) >= 11 is 0. The lowest BCUT2D eigenvalue weighted by molar-refractivity contribution is 0.236. The molecule has 1 aromatic carbocycles. The molecule has 0 fully saturated rings. The summed E-state index contributed by atoms with van der Waals surface area (Å²) in [6.45, 7) is 5.04. The number of nitrogens with one attached hydrogen (secondary N) is 1. The number of para-hydroxylation sites is 1. The van der Waals surface area contributed by atoms with Crippen molar-refractivity contribution in [2.75, 3.05) is 25.6 Å². The number of aromatic nitrogens is 3. The Balaban J connectivity index is 1.71. The maximum absolute atomic E-state index is 9.27. The Morgan fingerprint density at radius 2 is 1.90 bits per heavy atom. The first-order valence-electron chi connectivity index (χ1n) is 9.85. The molecule has 0 spiro atoms. The third-order valence-electron chi connectivity index (χ3n) is 4.91. The van der Waals surface area contributed by atoms with Gasteiger partial charge in [-0.05, 0) is 36.1 Å². The highest BCUT2D eigenvalue weighted by atomic mass is 16.5. The fourth-order valence-electron chi connectivity index (χ4n) is 3.22. The minimum absolute atomic E-state index is 0.151. The van der Waals surface area contributed by atoms with Crippen LogP contribution in [0.3, 0.4) is 0 Å². The predicted octanol–water partition coefficient (Wildman–Crippen LogP) is 3.93. The second kappa shape index (κ2) is 9.98. The van der Waals surface area contributed by atoms with Crippen molar-refractivity contribution in [1.82, 2.24) is 15.0 Å². The lowest BCUT2D eigenvalue weighted by atomic mass is 10.00. The summed E-state index contributed by atoms with van der Waals surface area (Å²) in [7, 11) is 1.69. The highest BCUT2D eigenvalue weighted by Crippen LogP contribution is 2.26. The molecule has 0 aliphatic heterocycles. The van der Waals surface area contributed by atoms with Crippen LogP contribution in [0.1, 0.15) is 31.0 Å². The van der Waals surface area contributed by atoms with Crippen molar-refractivity contribution >= 4 is 5.82 Å². The summed E-state index contributed by atoms with van der Waals surface area (Å²) in [6, 6.07) is 14.0. The molecule has 6 heteroatoms. The number of ether oxygens (including phenoxy) is 1. The number of methoxy groups -OCH3 is 1. The highest BCUT2D eigenvalue weighted by Gasteiger charge is 2.12. The van der Waals surface area contributed by atoms with E-state index in [4.69, 9.17) is 4.74 Å². The zero-order valence-corrected chi connectivity index (χ0v) is 17.2. The zero-order chi connectivity index (χ0) is 20.6. The van der Waals surface area contributed by atoms with E-state index >= 15 is 0 Å². The molecule has 0 saturated carbocycles. The van der Waals surface area contributed by atoms with Crippen LogP contribution in [0.4, 0.5) is 5.82 Å². The van der Waals surface area contributed by atoms with E-state index in [0.29, 0.717) is 0 Å². The summed E-state index contributed by atoms with van der Waals surface area (Å²) < 4.78 is 5.47. The van der Waals surface area contributed by atoms with E-state index < -0.39 is 0 Å². The first-order chi connectivity index (χ1) is 14.1. The Labute approximate surface area is 172 Å². The van der Waals surface area contributed by atoms with Crippen LogP contribution in [-0.4, -0.2) is 40.3 Å². The van der Waals surface area contributed by atoms with Crippen LogP contribution < -0.4 is 10.1 Å². The van der Waals surface area contributed by atoms with Gasteiger partial charge in [-0.3, -0.25) is 4.98 Å². The molecule has 152 valence electrons. The monoisotopic (exact) mass is 392 g/mol. The summed E-state index contributed by atoms with van der Waals surface area (Å²) in [5.74, 6) is 2.11. The van der Waals surface area contributed by atoms with Crippen molar-refractivity contribution in [3.8, 4) is 17.0 Å². The lowest BCUT2D eigenvalue weighted by Gasteiger charge is -2.16. The van der Waals surface area contributed by atoms with Gasteiger partial charge in [0.2, 0.25) is 0 Å². The van der Waals surface area contributed by atoms with Crippen molar-refractivity contribution in [2.45, 2.75) is 26.2 Å². The van der Waals surface area contributed by atoms with Crippen molar-refractivity contribution in [3.63, 3.8) is 0 Å². The topological polar surface area (TPSA) is 80.2 Å². The third kappa shape index (κ3) is 5.51. The molecule has 6 nitrogen and oxygen atoms in total. The average molecular weight is 393 g/mol. The van der Waals surface area contributed by atoms with E-state index in [1.54, 1.807) is 19.6 Å². The molecule has 0 radical (unpaired) electrons. The fourth-order valence-corrected chi connectivity index (χ4v) is 3.22. The van der Waals surface area contributed by atoms with Gasteiger partial charge in [0.15, 0.2) is 0 Å². The smallest absolute Gasteiger partial charge is 0.129 e. The quantitative estimate of drug-likeness (QED) is 0.574. The number of anilines is 1. The Hall–Kier alpha value is -2.99. The molecule has 0 bridgehead atoms. The van der Waals surface area contributed by atoms with Crippen LogP contribution in [0.2, 0.25) is 0 Å². The second-order valence-electron chi connectivity index (χ2n) is 7.34. The first-order valence-corrected chi connectivity index (χ1v) is 9.85. The third-order valence-corrected chi connectivity index (χ3v) is 4.91. The Kier molecular flexibility index (Phi) is 7.14. The van der Waals surface area contributed by atoms with Crippen LogP contribution >= 0.6 is 0 Å². The fraction of sp³-hybridized carbons (Fsp3) is 0.348. The molecule has 0 aliphatic rings. The summed E-state index contributed by atoms with van der Waals surface area (Å²) in [5, 5.41) is 12.7. The molecular formula is C23H28N4O2. The summed E-state index contributed by atoms with van der Waals surface area (Å²) in [6.07, 6.45) is 4.09. The molecule has 29 heavy (non-hydrogen) atoms. The first kappa shape index (κ1) is 20.7. The molecule has 2 atom stereocenters. The maximum atomic E-state index is 9.27. The van der Waals surface area contributed by atoms with Gasteiger partial charge >= 0.3 is 0 Å². The second-order valence-corrected chi connectivity index (χ2v) is 7.34. The van der Waals surface area contributed by atoms with Crippen molar-refractivity contribution in [1.29, 1.82) is 0 Å². The highest BCUT2D eigenvalue weighted by molar-refractivity contribution is 5.62. The van der Waals surface area contributed by atoms with E-state index in [2.05, 4.69) is 33.3 Å². The van der Waals surface area contributed by atoms with Crippen LogP contribution in [0.15, 0.2) is 55.0 Å². The normalized spacial score (nSPS) is 13.0. The van der Waals surface area contributed by atoms with Gasteiger partial charge in [-0.15, -0.1) is 0 Å². The van der Waals surface area contributed by atoms with Gasteiger partial charge in [0.05, 0.1) is 12.8 Å². The van der Waals surface area contributed by atoms with Gasteiger partial charge in [0.1, 0.15) is 17.9 Å². The minimum Gasteiger partial charge on any atom is -0.496 e. The number of hydrogen-bond acceptors (Lipinski definition) is 6. The largest absolute Gasteiger partial charge is 0.496 e. The van der Waals surface area contributed by atoms with E-state index in [-0.39, 0.29) is 18.4 Å². The lowest BCUT2D eigenvalue weighted by Crippen LogP contribution is -2.12. The molecule has 2 heterocycles. The van der Waals surface area contributed by atoms with Gasteiger partial charge in [0.25, 0.3) is 0 Å². The molecular weight excluding hydrogens is 364 g/mol. The standard InChI is InChI=1S/C23H28N4O2/c1-16(14-28)10-19-11-18(8-9-24-19)21-12-23(27-15-26-21)25-13-17(2)20-6-4-5-7-22(20)29-3/h4-9,11-12,15-17,28H,10,13-14H2,1-3H3,(H,25,26,27)/t16-,17-/m1/s1. The van der Waals surface area contributed by atoms with Crippen molar-refractivity contribution < 1.29 is 9.84 Å². The number of aliphatic hydroxyl groups excluding tert-OH is 1. The van der Waals surface area contributed by atoms with E-state index in [1.807, 2.05) is 43.3 Å². The van der Waals surface area contributed by atoms with E-state index in [9.17, 15) is 5.11 Å². The number of nitrogens with zero attached hydrogens (tertiary/aromatic N) is 3. The molecule has 0 saturated heterocycles. The van der Waals surface area contributed by atoms with Crippen LogP contribution in [0.5, 0.6) is 5.75 Å². The van der Waals surface area contributed by atoms with Gasteiger partial charge in [-0.2, -0.15) is 0 Å². The summed E-state index contributed by atoms with van der Waals surface area (Å²) in [4.78, 5) is 13.2. The zero-order valence-electron chi connectivity index (χ0n) is 17.2. The number of aliphatic hydroxyl groups is 1. The molecule has 2 aromatic heterocycles. The van der Waals surface area contributed by atoms with Gasteiger partial charge in [-0.1, -0.05) is 32.0 Å². The Morgan fingerprint density at radius 1 is 1.07 bits per heavy atom. The van der Waals surface area contributed by atoms with Crippen molar-refractivity contribution in [2.24, 2.45) is 5.92 Å². The Bertz CT molecular complexity index is 932. The van der Waals surface area contributed by atoms with Crippen molar-refractivity contribution in [3.05, 3.63) is 66.2 Å². The predicted molar refractivity (Wildman–Crippen MR) is 115 cm³/mol. The molecule has 0 amide bonds. The van der Waals surface area contributed by atoms with E-state index in [0.717, 1.165) is 47.0 Å². The molecule has 3 aromatic rings. The number of benzene rings is 1. The van der Waals surface area contributed by atoms with Gasteiger partial charge in [0, 0.05) is 42.6 Å². The summed E-state index contributed by atoms with van der Waals surface area (Å²) in [5.41, 5.74) is 3.94. The van der Waals surface area contributed by atoms with Crippen LogP contribution in [-0.2, 0) is 6.42 Å². The van der Waals surface area contributed by atoms with E-state index in [1.165, 1.54) is 0 Å². The number of pyridine rings is 1. The molecule has 2 N–H and O–H groups in total. The van der Waals surface area contributed by atoms with Crippen LogP contribution in [0, 0.1) is 5.92 Å². The van der Waals surface area contributed by atoms with Gasteiger partial charge in [-0.25, -0.2) is 9.97 Å². The minimum atomic E-state index is 0.151. The molecule has 0 aliphatic carbocycles. The molecule has 3 rings (SSSR count). The SMILES string of the molecule is COc1ccccc1[C@H](C)CNc1cc(-c2ccnc(C[C@@H](C)CO)c2)ncn1. The maximum Gasteiger partial charge on any atom is 0.129 e. The van der Waals surface area contributed by atoms with Crippen LogP contribution in [0.25, 0.3) is 11.3 Å². The number of rotatable bonds is 9.